The lowest BCUT2D eigenvalue weighted by atomic mass is 9.94. The van der Waals surface area contributed by atoms with E-state index in [1.54, 1.807) is 38.5 Å². The summed E-state index contributed by atoms with van der Waals surface area (Å²) in [6.45, 7) is 8.02. The van der Waals surface area contributed by atoms with Gasteiger partial charge in [0.15, 0.2) is 5.78 Å². The first-order valence-corrected chi connectivity index (χ1v) is 10.8. The molecular weight excluding hydrogens is 424 g/mol. The lowest BCUT2D eigenvalue weighted by Crippen LogP contribution is -2.04. The molecule has 0 saturated heterocycles. The van der Waals surface area contributed by atoms with Crippen molar-refractivity contribution < 1.29 is 19.4 Å². The fourth-order valence-electron chi connectivity index (χ4n) is 3.22. The van der Waals surface area contributed by atoms with Crippen molar-refractivity contribution >= 4 is 23.5 Å². The lowest BCUT2D eigenvalue weighted by Gasteiger charge is -2.17. The highest BCUT2D eigenvalue weighted by Crippen LogP contribution is 2.37. The zero-order chi connectivity index (χ0) is 23.8. The van der Waals surface area contributed by atoms with Crippen molar-refractivity contribution in [2.75, 3.05) is 14.2 Å². The highest BCUT2D eigenvalue weighted by Gasteiger charge is 2.20. The number of benzene rings is 2. The summed E-state index contributed by atoms with van der Waals surface area (Å²) in [4.78, 5) is 13.1. The van der Waals surface area contributed by atoms with E-state index in [0.29, 0.717) is 34.9 Å². The van der Waals surface area contributed by atoms with E-state index in [-0.39, 0.29) is 17.1 Å². The molecule has 4 nitrogen and oxygen atoms in total. The fourth-order valence-corrected chi connectivity index (χ4v) is 3.49. The molecule has 0 bridgehead atoms. The number of halogens is 1. The molecule has 170 valence electrons. The molecule has 0 heterocycles. The number of phenolic OH excluding ortho intramolecular Hbond substituents is 1. The second-order valence-corrected chi connectivity index (χ2v) is 8.41. The van der Waals surface area contributed by atoms with Crippen molar-refractivity contribution in [2.24, 2.45) is 0 Å². The van der Waals surface area contributed by atoms with Gasteiger partial charge in [-0.1, -0.05) is 47.0 Å². The predicted octanol–water partition coefficient (Wildman–Crippen LogP) is 6.98. The maximum absolute atomic E-state index is 13.1. The van der Waals surface area contributed by atoms with Crippen LogP contribution in [-0.4, -0.2) is 25.1 Å². The number of phenols is 1. The van der Waals surface area contributed by atoms with Gasteiger partial charge in [0.1, 0.15) is 17.2 Å². The summed E-state index contributed by atoms with van der Waals surface area (Å²) in [7, 11) is 3.13. The van der Waals surface area contributed by atoms with Gasteiger partial charge in [-0.25, -0.2) is 0 Å². The number of carbonyl (C=O) groups excluding carboxylic acids is 1. The van der Waals surface area contributed by atoms with E-state index in [1.807, 2.05) is 39.8 Å². The van der Waals surface area contributed by atoms with Gasteiger partial charge < -0.3 is 14.6 Å². The van der Waals surface area contributed by atoms with E-state index >= 15 is 0 Å². The Morgan fingerprint density at radius 1 is 1.00 bits per heavy atom. The van der Waals surface area contributed by atoms with Gasteiger partial charge in [-0.15, -0.1) is 0 Å². The van der Waals surface area contributed by atoms with Crippen LogP contribution in [0.25, 0.3) is 6.08 Å². The molecule has 2 rings (SSSR count). The molecule has 1 N–H and O–H groups in total. The molecule has 0 saturated carbocycles. The van der Waals surface area contributed by atoms with Gasteiger partial charge in [-0.2, -0.15) is 0 Å². The molecule has 2 aromatic rings. The predicted molar refractivity (Wildman–Crippen MR) is 132 cm³/mol. The highest BCUT2D eigenvalue weighted by molar-refractivity contribution is 6.32. The molecule has 0 aromatic heterocycles. The molecule has 0 spiro atoms. The first-order valence-electron chi connectivity index (χ1n) is 10.4. The van der Waals surface area contributed by atoms with Gasteiger partial charge in [0.25, 0.3) is 0 Å². The molecule has 0 fully saturated rings. The van der Waals surface area contributed by atoms with Gasteiger partial charge in [-0.05, 0) is 75.9 Å². The second-order valence-electron chi connectivity index (χ2n) is 8.01. The number of methoxy groups -OCH3 is 2. The Morgan fingerprint density at radius 2 is 1.66 bits per heavy atom. The van der Waals surface area contributed by atoms with Crippen molar-refractivity contribution in [1.82, 2.24) is 0 Å². The monoisotopic (exact) mass is 454 g/mol. The summed E-state index contributed by atoms with van der Waals surface area (Å²) in [6, 6.07) is 6.99. The highest BCUT2D eigenvalue weighted by atomic mass is 35.5. The number of ketones is 1. The third-order valence-electron chi connectivity index (χ3n) is 4.94. The molecule has 2 aromatic carbocycles. The van der Waals surface area contributed by atoms with Crippen LogP contribution in [0.3, 0.4) is 0 Å². The van der Waals surface area contributed by atoms with Crippen molar-refractivity contribution in [3.05, 3.63) is 80.9 Å². The van der Waals surface area contributed by atoms with Crippen LogP contribution in [0.15, 0.2) is 53.6 Å². The fraction of sp³-hybridized carbons (Fsp3) is 0.296. The molecule has 0 atom stereocenters. The zero-order valence-corrected chi connectivity index (χ0v) is 20.3. The number of allylic oxidation sites excluding steroid dienone is 5. The van der Waals surface area contributed by atoms with Crippen LogP contribution in [-0.2, 0) is 12.8 Å². The van der Waals surface area contributed by atoms with Crippen LogP contribution in [0.2, 0.25) is 5.02 Å². The summed E-state index contributed by atoms with van der Waals surface area (Å²) in [6.07, 6.45) is 8.26. The summed E-state index contributed by atoms with van der Waals surface area (Å²) in [5.41, 5.74) is 4.74. The minimum atomic E-state index is -0.297. The van der Waals surface area contributed by atoms with E-state index < -0.39 is 0 Å². The number of aromatic hydroxyl groups is 1. The minimum absolute atomic E-state index is 0.0530. The Hall–Kier alpha value is -2.98. The van der Waals surface area contributed by atoms with Crippen molar-refractivity contribution in [1.29, 1.82) is 0 Å². The molecule has 0 aliphatic carbocycles. The lowest BCUT2D eigenvalue weighted by molar-refractivity contribution is 0.104. The number of hydrogen-bond acceptors (Lipinski definition) is 4. The normalized spacial score (nSPS) is 10.7. The van der Waals surface area contributed by atoms with Gasteiger partial charge >= 0.3 is 0 Å². The molecule has 0 aliphatic rings. The molecule has 5 heteroatoms. The Morgan fingerprint density at radius 3 is 2.22 bits per heavy atom. The molecule has 0 amide bonds. The Labute approximate surface area is 195 Å². The van der Waals surface area contributed by atoms with Crippen LogP contribution < -0.4 is 9.47 Å². The van der Waals surface area contributed by atoms with E-state index in [2.05, 4.69) is 6.08 Å². The number of ether oxygens (including phenoxy) is 2. The first kappa shape index (κ1) is 25.3. The van der Waals surface area contributed by atoms with Gasteiger partial charge in [-0.3, -0.25) is 4.79 Å². The summed E-state index contributed by atoms with van der Waals surface area (Å²) >= 11 is 6.17. The van der Waals surface area contributed by atoms with E-state index in [9.17, 15) is 9.90 Å². The van der Waals surface area contributed by atoms with Crippen molar-refractivity contribution in [2.45, 2.75) is 40.5 Å². The molecule has 0 radical (unpaired) electrons. The van der Waals surface area contributed by atoms with E-state index in [0.717, 1.165) is 22.3 Å². The van der Waals surface area contributed by atoms with Crippen molar-refractivity contribution in [3.63, 3.8) is 0 Å². The Balaban J connectivity index is 2.52. The minimum Gasteiger partial charge on any atom is -0.507 e. The van der Waals surface area contributed by atoms with Gasteiger partial charge in [0.2, 0.25) is 0 Å². The number of carbonyl (C=O) groups is 1. The molecule has 32 heavy (non-hydrogen) atoms. The summed E-state index contributed by atoms with van der Waals surface area (Å²) in [5, 5.41) is 11.4. The smallest absolute Gasteiger partial charge is 0.189 e. The van der Waals surface area contributed by atoms with Crippen LogP contribution in [0.5, 0.6) is 17.2 Å². The zero-order valence-electron chi connectivity index (χ0n) is 19.6. The largest absolute Gasteiger partial charge is 0.507 e. The number of hydrogen-bond donors (Lipinski definition) is 1. The summed E-state index contributed by atoms with van der Waals surface area (Å²) < 4.78 is 10.8. The average Bonchev–Trinajstić information content (AvgIpc) is 2.75. The maximum Gasteiger partial charge on any atom is 0.189 e. The Kier molecular flexibility index (Phi) is 9.15. The number of rotatable bonds is 9. The molecule has 0 aliphatic heterocycles. The molecular formula is C27H31ClO4. The van der Waals surface area contributed by atoms with Crippen molar-refractivity contribution in [3.8, 4) is 17.2 Å². The van der Waals surface area contributed by atoms with Gasteiger partial charge in [0, 0.05) is 5.56 Å². The maximum atomic E-state index is 13.1. The Bertz CT molecular complexity index is 1070. The first-order chi connectivity index (χ1) is 15.2. The van der Waals surface area contributed by atoms with E-state index in [4.69, 9.17) is 21.1 Å². The van der Waals surface area contributed by atoms with Crippen LogP contribution >= 0.6 is 11.6 Å². The average molecular weight is 455 g/mol. The second kappa shape index (κ2) is 11.6. The van der Waals surface area contributed by atoms with Crippen LogP contribution in [0, 0.1) is 0 Å². The standard InChI is InChI=1S/C27H31ClO4/c1-17(2)7-11-20-16-22(26(30)21(27(20)32-6)12-8-18(3)4)24(29)13-9-19-10-14-25(31-5)23(28)15-19/h7-10,13-16,30H,11-12H2,1-6H3/b13-9+. The van der Waals surface area contributed by atoms with Crippen LogP contribution in [0.4, 0.5) is 0 Å². The topological polar surface area (TPSA) is 55.8 Å². The van der Waals surface area contributed by atoms with Gasteiger partial charge in [0.05, 0.1) is 24.8 Å². The quantitative estimate of drug-likeness (QED) is 0.252. The summed E-state index contributed by atoms with van der Waals surface area (Å²) in [5.74, 6) is 0.826. The third kappa shape index (κ3) is 6.51. The van der Waals surface area contributed by atoms with E-state index in [1.165, 1.54) is 6.08 Å². The third-order valence-corrected chi connectivity index (χ3v) is 5.24. The molecule has 0 unspecified atom stereocenters. The SMILES string of the molecule is COc1ccc(/C=C/C(=O)c2cc(CC=C(C)C)c(OC)c(CC=C(C)C)c2O)cc1Cl. The van der Waals surface area contributed by atoms with Crippen LogP contribution in [0.1, 0.15) is 54.7 Å².